The predicted octanol–water partition coefficient (Wildman–Crippen LogP) is 4.45. The summed E-state index contributed by atoms with van der Waals surface area (Å²) >= 11 is 0. The number of rotatable bonds is 15. The molecule has 5 aromatic heterocycles. The molecule has 0 bridgehead atoms. The molecule has 0 aliphatic carbocycles. The second-order valence-corrected chi connectivity index (χ2v) is 10.4. The van der Waals surface area contributed by atoms with Gasteiger partial charge in [-0.25, -0.2) is 39.9 Å². The largest absolute Gasteiger partial charge is 0.368 e. The monoisotopic (exact) mass is 672 g/mol. The fraction of sp³-hybridized carbons (Fsp3) is 0.125. The summed E-state index contributed by atoms with van der Waals surface area (Å²) < 4.78 is 0. The van der Waals surface area contributed by atoms with Crippen molar-refractivity contribution in [2.24, 2.45) is 0 Å². The lowest BCUT2D eigenvalue weighted by atomic mass is 10.1. The standard InChI is InChI=1S/C32H28N14O4/c47-45(48)24-6-4-23(5-7-24)26-10-13-38-31(41-26)43(19-17-36-29-3-1-2-12-35-29)44(20-18-37-30-9-8-25(21-40-30)46(49)50)32-39-14-11-27(42-32)28-22-33-15-16-34-28/h1-16,21-22H,17-20H2,(H,35,36)(H,37,40). The molecule has 50 heavy (non-hydrogen) atoms. The van der Waals surface area contributed by atoms with Crippen LogP contribution in [0.4, 0.5) is 34.9 Å². The molecule has 0 aliphatic rings. The van der Waals surface area contributed by atoms with E-state index in [0.717, 1.165) is 0 Å². The minimum atomic E-state index is -0.512. The Morgan fingerprint density at radius 2 is 1.20 bits per heavy atom. The van der Waals surface area contributed by atoms with Gasteiger partial charge in [-0.1, -0.05) is 6.07 Å². The Kier molecular flexibility index (Phi) is 10.2. The Bertz CT molecular complexity index is 2040. The van der Waals surface area contributed by atoms with Crippen LogP contribution in [0.5, 0.6) is 0 Å². The third-order valence-electron chi connectivity index (χ3n) is 7.12. The van der Waals surface area contributed by atoms with E-state index in [2.05, 4.69) is 40.5 Å². The van der Waals surface area contributed by atoms with Crippen molar-refractivity contribution < 1.29 is 9.85 Å². The highest BCUT2D eigenvalue weighted by molar-refractivity contribution is 5.63. The molecule has 0 saturated heterocycles. The van der Waals surface area contributed by atoms with E-state index in [1.54, 1.807) is 66.5 Å². The molecule has 6 aromatic rings. The number of non-ortho nitro benzene ring substituents is 1. The second-order valence-electron chi connectivity index (χ2n) is 10.4. The van der Waals surface area contributed by atoms with Crippen LogP contribution in [0.3, 0.4) is 0 Å². The maximum atomic E-state index is 11.2. The Hall–Kier alpha value is -7.24. The third kappa shape index (κ3) is 8.18. The van der Waals surface area contributed by atoms with Crippen molar-refractivity contribution >= 4 is 34.9 Å². The van der Waals surface area contributed by atoms with Gasteiger partial charge in [0, 0.05) is 67.8 Å². The number of nitro groups is 2. The molecule has 0 fully saturated rings. The van der Waals surface area contributed by atoms with Gasteiger partial charge in [0.2, 0.25) is 11.9 Å². The zero-order valence-corrected chi connectivity index (χ0v) is 26.2. The molecule has 0 saturated carbocycles. The van der Waals surface area contributed by atoms with Crippen LogP contribution >= 0.6 is 0 Å². The molecule has 0 amide bonds. The van der Waals surface area contributed by atoms with Crippen molar-refractivity contribution in [2.45, 2.75) is 0 Å². The minimum Gasteiger partial charge on any atom is -0.368 e. The molecule has 18 heteroatoms. The van der Waals surface area contributed by atoms with E-state index in [4.69, 9.17) is 9.97 Å². The molecule has 0 aliphatic heterocycles. The van der Waals surface area contributed by atoms with Gasteiger partial charge in [-0.05, 0) is 42.5 Å². The lowest BCUT2D eigenvalue weighted by Gasteiger charge is -2.35. The number of hydrogen-bond acceptors (Lipinski definition) is 16. The normalized spacial score (nSPS) is 10.6. The van der Waals surface area contributed by atoms with E-state index in [1.807, 2.05) is 23.2 Å². The average Bonchev–Trinajstić information content (AvgIpc) is 3.16. The summed E-state index contributed by atoms with van der Waals surface area (Å²) in [5.41, 5.74) is 2.11. The van der Waals surface area contributed by atoms with Crippen LogP contribution < -0.4 is 20.7 Å². The number of hydrogen-bond donors (Lipinski definition) is 2. The van der Waals surface area contributed by atoms with Gasteiger partial charge in [0.05, 0.1) is 40.5 Å². The maximum Gasteiger partial charge on any atom is 0.287 e. The Labute approximate surface area is 284 Å². The number of nitrogens with one attached hydrogen (secondary N) is 2. The van der Waals surface area contributed by atoms with Crippen LogP contribution in [-0.4, -0.2) is 75.9 Å². The fourth-order valence-electron chi connectivity index (χ4n) is 4.74. The van der Waals surface area contributed by atoms with Gasteiger partial charge in [-0.2, -0.15) is 0 Å². The van der Waals surface area contributed by atoms with Gasteiger partial charge in [0.1, 0.15) is 23.5 Å². The average molecular weight is 673 g/mol. The van der Waals surface area contributed by atoms with E-state index in [1.165, 1.54) is 30.5 Å². The third-order valence-corrected chi connectivity index (χ3v) is 7.12. The van der Waals surface area contributed by atoms with Crippen molar-refractivity contribution in [1.82, 2.24) is 39.9 Å². The van der Waals surface area contributed by atoms with Gasteiger partial charge >= 0.3 is 0 Å². The molecule has 2 N–H and O–H groups in total. The molecule has 5 heterocycles. The topological polar surface area (TPSA) is 220 Å². The first-order valence-electron chi connectivity index (χ1n) is 15.2. The van der Waals surface area contributed by atoms with Gasteiger partial charge in [-0.3, -0.25) is 30.2 Å². The van der Waals surface area contributed by atoms with Crippen LogP contribution in [-0.2, 0) is 0 Å². The van der Waals surface area contributed by atoms with Crippen LogP contribution in [0.15, 0.2) is 110 Å². The van der Waals surface area contributed by atoms with Crippen molar-refractivity contribution in [3.8, 4) is 22.6 Å². The summed E-state index contributed by atoms with van der Waals surface area (Å²) in [5.74, 6) is 1.70. The first kappa shape index (κ1) is 32.7. The summed E-state index contributed by atoms with van der Waals surface area (Å²) in [5, 5.41) is 32.5. The van der Waals surface area contributed by atoms with Crippen molar-refractivity contribution in [3.05, 3.63) is 130 Å². The number of pyridine rings is 2. The van der Waals surface area contributed by atoms with E-state index in [0.29, 0.717) is 65.8 Å². The van der Waals surface area contributed by atoms with E-state index < -0.39 is 9.85 Å². The SMILES string of the molecule is O=[N+]([O-])c1ccc(-c2ccnc(N(CCNc3ccccn3)N(CCNc3ccc([N+](=O)[O-])cn3)c3nccc(-c4cnccn4)n3)n2)cc1. The smallest absolute Gasteiger partial charge is 0.287 e. The molecule has 0 atom stereocenters. The lowest BCUT2D eigenvalue weighted by molar-refractivity contribution is -0.385. The summed E-state index contributed by atoms with van der Waals surface area (Å²) in [7, 11) is 0. The Morgan fingerprint density at radius 3 is 1.78 bits per heavy atom. The molecule has 0 spiro atoms. The van der Waals surface area contributed by atoms with Crippen molar-refractivity contribution in [1.29, 1.82) is 0 Å². The second kappa shape index (κ2) is 15.6. The molecule has 6 rings (SSSR count). The van der Waals surface area contributed by atoms with Gasteiger partial charge in [0.15, 0.2) is 0 Å². The number of aromatic nitrogens is 8. The minimum absolute atomic E-state index is 0.0356. The van der Waals surface area contributed by atoms with Crippen LogP contribution in [0.25, 0.3) is 22.6 Å². The molecule has 250 valence electrons. The van der Waals surface area contributed by atoms with Crippen LogP contribution in [0, 0.1) is 20.2 Å². The van der Waals surface area contributed by atoms with Gasteiger partial charge in [-0.15, -0.1) is 0 Å². The van der Waals surface area contributed by atoms with E-state index in [9.17, 15) is 20.2 Å². The Balaban J connectivity index is 1.36. The molecule has 18 nitrogen and oxygen atoms in total. The summed E-state index contributed by atoms with van der Waals surface area (Å²) in [6.45, 7) is 1.28. The highest BCUT2D eigenvalue weighted by Crippen LogP contribution is 2.25. The van der Waals surface area contributed by atoms with Gasteiger partial charge < -0.3 is 10.6 Å². The quantitative estimate of drug-likeness (QED) is 0.114. The number of nitro benzene ring substituents is 1. The first-order valence-corrected chi connectivity index (χ1v) is 15.2. The number of hydrazine groups is 1. The van der Waals surface area contributed by atoms with Gasteiger partial charge in [0.25, 0.3) is 11.4 Å². The molecular formula is C32H28N14O4. The number of benzene rings is 1. The lowest BCUT2D eigenvalue weighted by Crippen LogP contribution is -2.49. The number of nitrogens with zero attached hydrogens (tertiary/aromatic N) is 12. The zero-order chi connectivity index (χ0) is 34.7. The number of anilines is 4. The predicted molar refractivity (Wildman–Crippen MR) is 184 cm³/mol. The molecule has 1 aromatic carbocycles. The fourth-order valence-corrected chi connectivity index (χ4v) is 4.74. The first-order chi connectivity index (χ1) is 24.4. The summed E-state index contributed by atoms with van der Waals surface area (Å²) in [6, 6.07) is 18.0. The highest BCUT2D eigenvalue weighted by Gasteiger charge is 2.23. The molecule has 0 radical (unpaired) electrons. The maximum absolute atomic E-state index is 11.2. The van der Waals surface area contributed by atoms with E-state index in [-0.39, 0.29) is 17.9 Å². The van der Waals surface area contributed by atoms with E-state index >= 15 is 0 Å². The zero-order valence-electron chi connectivity index (χ0n) is 26.2. The summed E-state index contributed by atoms with van der Waals surface area (Å²) in [4.78, 5) is 57.3. The van der Waals surface area contributed by atoms with Crippen molar-refractivity contribution in [3.63, 3.8) is 0 Å². The van der Waals surface area contributed by atoms with Crippen molar-refractivity contribution in [2.75, 3.05) is 46.8 Å². The van der Waals surface area contributed by atoms with Crippen LogP contribution in [0.1, 0.15) is 0 Å². The highest BCUT2D eigenvalue weighted by atomic mass is 16.6. The van der Waals surface area contributed by atoms with Crippen LogP contribution in [0.2, 0.25) is 0 Å². The summed E-state index contributed by atoms with van der Waals surface area (Å²) in [6.07, 6.45) is 10.8. The Morgan fingerprint density at radius 1 is 0.560 bits per heavy atom. The molecule has 0 unspecified atom stereocenters. The molecular weight excluding hydrogens is 644 g/mol.